The van der Waals surface area contributed by atoms with Crippen LogP contribution >= 0.6 is 0 Å². The summed E-state index contributed by atoms with van der Waals surface area (Å²) in [6.07, 6.45) is 4.55. The molecule has 1 fully saturated rings. The summed E-state index contributed by atoms with van der Waals surface area (Å²) in [5.74, 6) is -0.734. The van der Waals surface area contributed by atoms with Crippen LogP contribution < -0.4 is 0 Å². The van der Waals surface area contributed by atoms with Crippen LogP contribution in [0.4, 0.5) is 0 Å². The van der Waals surface area contributed by atoms with Gasteiger partial charge in [-0.25, -0.2) is 0 Å². The maximum absolute atomic E-state index is 10.8. The van der Waals surface area contributed by atoms with Crippen molar-refractivity contribution in [3.05, 3.63) is 0 Å². The van der Waals surface area contributed by atoms with E-state index in [1.807, 2.05) is 0 Å². The summed E-state index contributed by atoms with van der Waals surface area (Å²) in [5.41, 5.74) is 0. The minimum atomic E-state index is -0.734. The van der Waals surface area contributed by atoms with Crippen LogP contribution in [0.1, 0.15) is 39.5 Å². The van der Waals surface area contributed by atoms with E-state index in [1.165, 1.54) is 0 Å². The van der Waals surface area contributed by atoms with Gasteiger partial charge in [-0.2, -0.15) is 0 Å². The largest absolute Gasteiger partial charge is 0.480 e. The van der Waals surface area contributed by atoms with Crippen LogP contribution in [0.3, 0.4) is 0 Å². The minimum absolute atomic E-state index is 0.153. The van der Waals surface area contributed by atoms with Crippen LogP contribution in [0.25, 0.3) is 0 Å². The zero-order valence-electron chi connectivity index (χ0n) is 10.5. The van der Waals surface area contributed by atoms with Gasteiger partial charge in [-0.3, -0.25) is 9.69 Å². The van der Waals surface area contributed by atoms with Crippen molar-refractivity contribution in [3.63, 3.8) is 0 Å². The van der Waals surface area contributed by atoms with Crippen molar-refractivity contribution in [2.75, 3.05) is 13.7 Å². The summed E-state index contributed by atoms with van der Waals surface area (Å²) in [4.78, 5) is 12.9. The van der Waals surface area contributed by atoms with Gasteiger partial charge in [0.05, 0.1) is 12.6 Å². The normalized spacial score (nSPS) is 26.3. The minimum Gasteiger partial charge on any atom is -0.480 e. The number of carboxylic acids is 1. The molecular weight excluding hydrogens is 206 g/mol. The van der Waals surface area contributed by atoms with E-state index < -0.39 is 5.97 Å². The van der Waals surface area contributed by atoms with E-state index in [0.29, 0.717) is 18.2 Å². The van der Waals surface area contributed by atoms with Crippen LogP contribution in [-0.2, 0) is 9.53 Å². The maximum atomic E-state index is 10.8. The van der Waals surface area contributed by atoms with Gasteiger partial charge in [0.2, 0.25) is 0 Å². The Labute approximate surface area is 97.6 Å². The zero-order chi connectivity index (χ0) is 12.1. The van der Waals surface area contributed by atoms with Gasteiger partial charge in [-0.1, -0.05) is 0 Å². The van der Waals surface area contributed by atoms with Crippen molar-refractivity contribution in [1.82, 2.24) is 4.90 Å². The summed E-state index contributed by atoms with van der Waals surface area (Å²) in [6.45, 7) is 4.27. The predicted molar refractivity (Wildman–Crippen MR) is 62.5 cm³/mol. The summed E-state index contributed by atoms with van der Waals surface area (Å²) in [7, 11) is 1.75. The van der Waals surface area contributed by atoms with Gasteiger partial charge in [0, 0.05) is 19.2 Å². The molecule has 0 aliphatic heterocycles. The van der Waals surface area contributed by atoms with Crippen LogP contribution in [0.5, 0.6) is 0 Å². The van der Waals surface area contributed by atoms with Crippen LogP contribution in [0, 0.1) is 0 Å². The third-order valence-corrected chi connectivity index (χ3v) is 3.43. The number of carboxylic acid groups (broad SMARTS) is 1. The third-order valence-electron chi connectivity index (χ3n) is 3.43. The molecule has 0 aromatic rings. The van der Waals surface area contributed by atoms with Gasteiger partial charge in [0.25, 0.3) is 0 Å². The first-order valence-corrected chi connectivity index (χ1v) is 6.05. The Hall–Kier alpha value is -0.610. The highest BCUT2D eigenvalue weighted by atomic mass is 16.5. The molecular formula is C12H23NO3. The quantitative estimate of drug-likeness (QED) is 0.780. The van der Waals surface area contributed by atoms with E-state index in [-0.39, 0.29) is 6.54 Å². The molecule has 94 valence electrons. The molecule has 0 amide bonds. The Morgan fingerprint density at radius 2 is 1.94 bits per heavy atom. The molecule has 1 aliphatic carbocycles. The van der Waals surface area contributed by atoms with E-state index in [4.69, 9.17) is 9.84 Å². The molecule has 0 atom stereocenters. The Morgan fingerprint density at radius 1 is 1.38 bits per heavy atom. The number of nitrogens with zero attached hydrogens (tertiary/aromatic N) is 1. The summed E-state index contributed by atoms with van der Waals surface area (Å²) in [6, 6.07) is 0.697. The highest BCUT2D eigenvalue weighted by Crippen LogP contribution is 2.25. The number of hydrogen-bond acceptors (Lipinski definition) is 3. The summed E-state index contributed by atoms with van der Waals surface area (Å²) in [5, 5.41) is 8.90. The number of aliphatic carboxylic acids is 1. The number of carbonyl (C=O) groups is 1. The first-order valence-electron chi connectivity index (χ1n) is 6.05. The first kappa shape index (κ1) is 13.5. The molecule has 1 saturated carbocycles. The Morgan fingerprint density at radius 3 is 2.31 bits per heavy atom. The second-order valence-electron chi connectivity index (χ2n) is 4.83. The smallest absolute Gasteiger partial charge is 0.317 e. The molecule has 0 spiro atoms. The molecule has 0 unspecified atom stereocenters. The summed E-state index contributed by atoms with van der Waals surface area (Å²) >= 11 is 0. The fourth-order valence-corrected chi connectivity index (χ4v) is 2.50. The number of methoxy groups -OCH3 is 1. The van der Waals surface area contributed by atoms with Crippen molar-refractivity contribution >= 4 is 5.97 Å². The van der Waals surface area contributed by atoms with E-state index in [9.17, 15) is 4.79 Å². The molecule has 1 rings (SSSR count). The van der Waals surface area contributed by atoms with Gasteiger partial charge < -0.3 is 9.84 Å². The SMILES string of the molecule is COC1CCC(N(CC(=O)O)C(C)C)CC1. The van der Waals surface area contributed by atoms with Gasteiger partial charge in [0.15, 0.2) is 0 Å². The molecule has 16 heavy (non-hydrogen) atoms. The van der Waals surface area contributed by atoms with E-state index in [0.717, 1.165) is 25.7 Å². The van der Waals surface area contributed by atoms with E-state index in [1.54, 1.807) is 7.11 Å². The molecule has 0 aromatic heterocycles. The molecule has 4 heteroatoms. The van der Waals surface area contributed by atoms with E-state index >= 15 is 0 Å². The van der Waals surface area contributed by atoms with Crippen LogP contribution in [0.15, 0.2) is 0 Å². The van der Waals surface area contributed by atoms with Crippen molar-refractivity contribution < 1.29 is 14.6 Å². The predicted octanol–water partition coefficient (Wildman–Crippen LogP) is 1.74. The van der Waals surface area contributed by atoms with Crippen molar-refractivity contribution in [1.29, 1.82) is 0 Å². The second-order valence-corrected chi connectivity index (χ2v) is 4.83. The van der Waals surface area contributed by atoms with Crippen molar-refractivity contribution in [2.45, 2.75) is 57.7 Å². The average Bonchev–Trinajstić information content (AvgIpc) is 2.25. The number of hydrogen-bond donors (Lipinski definition) is 1. The number of ether oxygens (including phenoxy) is 1. The molecule has 4 nitrogen and oxygen atoms in total. The molecule has 0 saturated heterocycles. The van der Waals surface area contributed by atoms with Crippen LogP contribution in [-0.4, -0.2) is 47.8 Å². The summed E-state index contributed by atoms with van der Waals surface area (Å²) < 4.78 is 5.33. The van der Waals surface area contributed by atoms with Gasteiger partial charge in [-0.15, -0.1) is 0 Å². The third kappa shape index (κ3) is 3.76. The fraction of sp³-hybridized carbons (Fsp3) is 0.917. The van der Waals surface area contributed by atoms with Gasteiger partial charge >= 0.3 is 5.97 Å². The van der Waals surface area contributed by atoms with Crippen LogP contribution in [0.2, 0.25) is 0 Å². The molecule has 0 heterocycles. The molecule has 0 radical (unpaired) electrons. The van der Waals surface area contributed by atoms with Gasteiger partial charge in [0.1, 0.15) is 0 Å². The Balaban J connectivity index is 2.50. The lowest BCUT2D eigenvalue weighted by Crippen LogP contribution is -2.45. The standard InChI is InChI=1S/C12H23NO3/c1-9(2)13(8-12(14)15)10-4-6-11(16-3)7-5-10/h9-11H,4-8H2,1-3H3,(H,14,15). The lowest BCUT2D eigenvalue weighted by atomic mass is 9.91. The highest BCUT2D eigenvalue weighted by Gasteiger charge is 2.28. The van der Waals surface area contributed by atoms with Crippen molar-refractivity contribution in [3.8, 4) is 0 Å². The molecule has 0 aromatic carbocycles. The maximum Gasteiger partial charge on any atom is 0.317 e. The van der Waals surface area contributed by atoms with E-state index in [2.05, 4.69) is 18.7 Å². The zero-order valence-corrected chi connectivity index (χ0v) is 10.5. The Bertz CT molecular complexity index is 222. The first-order chi connectivity index (χ1) is 7.54. The molecule has 0 bridgehead atoms. The molecule has 1 aliphatic rings. The topological polar surface area (TPSA) is 49.8 Å². The highest BCUT2D eigenvalue weighted by molar-refractivity contribution is 5.69. The lowest BCUT2D eigenvalue weighted by molar-refractivity contribution is -0.139. The lowest BCUT2D eigenvalue weighted by Gasteiger charge is -2.38. The number of rotatable bonds is 5. The van der Waals surface area contributed by atoms with Gasteiger partial charge in [-0.05, 0) is 39.5 Å². The monoisotopic (exact) mass is 229 g/mol. The molecule has 1 N–H and O–H groups in total. The average molecular weight is 229 g/mol. The fourth-order valence-electron chi connectivity index (χ4n) is 2.50. The van der Waals surface area contributed by atoms with Crippen molar-refractivity contribution in [2.24, 2.45) is 0 Å². The second kappa shape index (κ2) is 6.21. The Kier molecular flexibility index (Phi) is 5.22.